The van der Waals surface area contributed by atoms with Crippen LogP contribution < -0.4 is 0 Å². The van der Waals surface area contributed by atoms with Crippen molar-refractivity contribution in [3.8, 4) is 0 Å². The Morgan fingerprint density at radius 3 is 1.53 bits per heavy atom. The maximum Gasteiger partial charge on any atom is 0.0223 e. The molecule has 0 aromatic carbocycles. The summed E-state index contributed by atoms with van der Waals surface area (Å²) >= 11 is 5.67. The van der Waals surface area contributed by atoms with E-state index < -0.39 is 0 Å². The van der Waals surface area contributed by atoms with E-state index in [4.69, 9.17) is 11.6 Å². The first-order valence-electron chi connectivity index (χ1n) is 8.87. The molecule has 0 bridgehead atoms. The SMILES string of the molecule is CCCCCCCCC(C)CCCCCCCCCl. The van der Waals surface area contributed by atoms with E-state index >= 15 is 0 Å². The molecule has 1 atom stereocenters. The van der Waals surface area contributed by atoms with Crippen LogP contribution in [-0.4, -0.2) is 5.88 Å². The third-order valence-corrected chi connectivity index (χ3v) is 4.40. The fourth-order valence-electron chi connectivity index (χ4n) is 2.71. The monoisotopic (exact) mass is 288 g/mol. The Morgan fingerprint density at radius 2 is 1.05 bits per heavy atom. The average Bonchev–Trinajstić information content (AvgIpc) is 2.41. The minimum Gasteiger partial charge on any atom is -0.127 e. The van der Waals surface area contributed by atoms with Crippen molar-refractivity contribution in [1.82, 2.24) is 0 Å². The van der Waals surface area contributed by atoms with Crippen LogP contribution in [0.5, 0.6) is 0 Å². The number of hydrogen-bond acceptors (Lipinski definition) is 0. The normalized spacial score (nSPS) is 12.8. The summed E-state index contributed by atoms with van der Waals surface area (Å²) < 4.78 is 0. The molecule has 0 aromatic rings. The van der Waals surface area contributed by atoms with Gasteiger partial charge in [-0.3, -0.25) is 0 Å². The van der Waals surface area contributed by atoms with Crippen LogP contribution in [0.4, 0.5) is 0 Å². The molecule has 0 fully saturated rings. The second-order valence-corrected chi connectivity index (χ2v) is 6.64. The minimum absolute atomic E-state index is 0.843. The molecule has 0 rings (SSSR count). The van der Waals surface area contributed by atoms with Crippen molar-refractivity contribution < 1.29 is 0 Å². The lowest BCUT2D eigenvalue weighted by molar-refractivity contribution is 0.432. The summed E-state index contributed by atoms with van der Waals surface area (Å²) in [5.41, 5.74) is 0. The van der Waals surface area contributed by atoms with Gasteiger partial charge in [0, 0.05) is 5.88 Å². The van der Waals surface area contributed by atoms with Crippen LogP contribution in [0.2, 0.25) is 0 Å². The van der Waals surface area contributed by atoms with E-state index in [1.165, 1.54) is 89.9 Å². The average molecular weight is 289 g/mol. The molecule has 0 aliphatic heterocycles. The Hall–Kier alpha value is 0.290. The quantitative estimate of drug-likeness (QED) is 0.218. The Kier molecular flexibility index (Phi) is 16.6. The number of alkyl halides is 1. The lowest BCUT2D eigenvalue weighted by Gasteiger charge is -2.11. The van der Waals surface area contributed by atoms with Crippen LogP contribution in [0.25, 0.3) is 0 Å². The molecular weight excluding hydrogens is 252 g/mol. The number of halogens is 1. The lowest BCUT2D eigenvalue weighted by Crippen LogP contribution is -1.95. The molecule has 0 aliphatic rings. The van der Waals surface area contributed by atoms with Crippen LogP contribution >= 0.6 is 11.6 Å². The van der Waals surface area contributed by atoms with Crippen LogP contribution in [0, 0.1) is 5.92 Å². The summed E-state index contributed by atoms with van der Waals surface area (Å²) in [6.07, 6.45) is 19.7. The van der Waals surface area contributed by atoms with Crippen molar-refractivity contribution >= 4 is 11.6 Å². The Morgan fingerprint density at radius 1 is 0.632 bits per heavy atom. The highest BCUT2D eigenvalue weighted by atomic mass is 35.5. The van der Waals surface area contributed by atoms with E-state index in [1.54, 1.807) is 0 Å². The van der Waals surface area contributed by atoms with Crippen LogP contribution in [0.15, 0.2) is 0 Å². The zero-order valence-corrected chi connectivity index (χ0v) is 14.3. The largest absolute Gasteiger partial charge is 0.127 e. The molecule has 116 valence electrons. The molecule has 0 heterocycles. The molecule has 1 unspecified atom stereocenters. The van der Waals surface area contributed by atoms with E-state index in [0.29, 0.717) is 0 Å². The van der Waals surface area contributed by atoms with Crippen molar-refractivity contribution in [2.75, 3.05) is 5.88 Å². The number of rotatable bonds is 15. The zero-order valence-electron chi connectivity index (χ0n) is 13.6. The summed E-state index contributed by atoms with van der Waals surface area (Å²) in [5, 5.41) is 0. The van der Waals surface area contributed by atoms with E-state index in [2.05, 4.69) is 13.8 Å². The van der Waals surface area contributed by atoms with E-state index in [9.17, 15) is 0 Å². The third kappa shape index (κ3) is 16.2. The summed E-state index contributed by atoms with van der Waals surface area (Å²) in [5.74, 6) is 1.80. The smallest absolute Gasteiger partial charge is 0.0223 e. The fourth-order valence-corrected chi connectivity index (χ4v) is 2.90. The van der Waals surface area contributed by atoms with Gasteiger partial charge in [-0.05, 0) is 12.3 Å². The standard InChI is InChI=1S/C18H37Cl/c1-3-4-5-6-9-12-15-18(2)16-13-10-7-8-11-14-17-19/h18H,3-17H2,1-2H3. The van der Waals surface area contributed by atoms with Gasteiger partial charge in [0.1, 0.15) is 0 Å². The summed E-state index contributed by atoms with van der Waals surface area (Å²) in [4.78, 5) is 0. The molecule has 0 spiro atoms. The highest BCUT2D eigenvalue weighted by Gasteiger charge is 2.02. The molecule has 0 saturated carbocycles. The van der Waals surface area contributed by atoms with Crippen molar-refractivity contribution in [3.05, 3.63) is 0 Å². The lowest BCUT2D eigenvalue weighted by atomic mass is 9.96. The first kappa shape index (κ1) is 19.3. The molecule has 1 heteroatoms. The van der Waals surface area contributed by atoms with Crippen molar-refractivity contribution in [1.29, 1.82) is 0 Å². The maximum atomic E-state index is 5.67. The topological polar surface area (TPSA) is 0 Å². The maximum absolute atomic E-state index is 5.67. The van der Waals surface area contributed by atoms with Gasteiger partial charge in [0.05, 0.1) is 0 Å². The van der Waals surface area contributed by atoms with Gasteiger partial charge in [-0.1, -0.05) is 97.3 Å². The van der Waals surface area contributed by atoms with Gasteiger partial charge in [-0.15, -0.1) is 11.6 Å². The molecule has 0 aliphatic carbocycles. The third-order valence-electron chi connectivity index (χ3n) is 4.13. The van der Waals surface area contributed by atoms with Crippen molar-refractivity contribution in [3.63, 3.8) is 0 Å². The summed E-state index contributed by atoms with van der Waals surface area (Å²) in [6, 6.07) is 0. The highest BCUT2D eigenvalue weighted by Crippen LogP contribution is 2.18. The zero-order chi connectivity index (χ0) is 14.2. The second-order valence-electron chi connectivity index (χ2n) is 6.26. The molecule has 0 radical (unpaired) electrons. The Bertz CT molecular complexity index is 156. The van der Waals surface area contributed by atoms with Gasteiger partial charge < -0.3 is 0 Å². The molecule has 0 aromatic heterocycles. The predicted molar refractivity (Wildman–Crippen MR) is 90.2 cm³/mol. The fraction of sp³-hybridized carbons (Fsp3) is 1.00. The second kappa shape index (κ2) is 16.3. The molecule has 0 N–H and O–H groups in total. The first-order valence-corrected chi connectivity index (χ1v) is 9.40. The minimum atomic E-state index is 0.843. The van der Waals surface area contributed by atoms with Gasteiger partial charge in [0.25, 0.3) is 0 Å². The Labute approximate surface area is 127 Å². The molecule has 0 saturated heterocycles. The van der Waals surface area contributed by atoms with Gasteiger partial charge >= 0.3 is 0 Å². The van der Waals surface area contributed by atoms with Crippen molar-refractivity contribution in [2.45, 2.75) is 104 Å². The molecule has 19 heavy (non-hydrogen) atoms. The van der Waals surface area contributed by atoms with Crippen LogP contribution in [0.1, 0.15) is 104 Å². The van der Waals surface area contributed by atoms with Gasteiger partial charge in [-0.2, -0.15) is 0 Å². The van der Waals surface area contributed by atoms with E-state index in [1.807, 2.05) is 0 Å². The van der Waals surface area contributed by atoms with Crippen molar-refractivity contribution in [2.24, 2.45) is 5.92 Å². The highest BCUT2D eigenvalue weighted by molar-refractivity contribution is 6.17. The van der Waals surface area contributed by atoms with Gasteiger partial charge in [-0.25, -0.2) is 0 Å². The van der Waals surface area contributed by atoms with Gasteiger partial charge in [0.2, 0.25) is 0 Å². The first-order chi connectivity index (χ1) is 9.31. The van der Waals surface area contributed by atoms with E-state index in [0.717, 1.165) is 11.8 Å². The van der Waals surface area contributed by atoms with Gasteiger partial charge in [0.15, 0.2) is 0 Å². The molecular formula is C18H37Cl. The van der Waals surface area contributed by atoms with Crippen LogP contribution in [-0.2, 0) is 0 Å². The molecule has 0 nitrogen and oxygen atoms in total. The predicted octanol–water partition coefficient (Wildman–Crippen LogP) is 7.34. The summed E-state index contributed by atoms with van der Waals surface area (Å²) in [6.45, 7) is 4.73. The Balaban J connectivity index is 3.10. The van der Waals surface area contributed by atoms with Crippen LogP contribution in [0.3, 0.4) is 0 Å². The molecule has 0 amide bonds. The number of hydrogen-bond donors (Lipinski definition) is 0. The van der Waals surface area contributed by atoms with E-state index in [-0.39, 0.29) is 0 Å². The number of unbranched alkanes of at least 4 members (excludes halogenated alkanes) is 10. The summed E-state index contributed by atoms with van der Waals surface area (Å²) in [7, 11) is 0.